The Hall–Kier alpha value is -1.32. The third kappa shape index (κ3) is 3.96. The molecular weight excluding hydrogens is 310 g/mol. The fraction of sp³-hybridized carbons (Fsp3) is 0.526. The highest BCUT2D eigenvalue weighted by Crippen LogP contribution is 2.35. The quantitative estimate of drug-likeness (QED) is 0.850. The summed E-state index contributed by atoms with van der Waals surface area (Å²) in [5.41, 5.74) is 1.21. The molecule has 1 aliphatic heterocycles. The standard InChI is InChI=1S/C19H24ClNO2/c20-17-8-6-16(7-9-17)19(10-12-23-13-11-19)14-21-18(22)15-4-2-1-3-5-15/h1-2,6-9,15H,3-5,10-14H2,(H,21,22)/t15-/m0/s1. The fourth-order valence-corrected chi connectivity index (χ4v) is 3.69. The number of hydrogen-bond donors (Lipinski definition) is 1. The zero-order valence-electron chi connectivity index (χ0n) is 13.4. The van der Waals surface area contributed by atoms with Crippen LogP contribution in [-0.4, -0.2) is 25.7 Å². The monoisotopic (exact) mass is 333 g/mol. The van der Waals surface area contributed by atoms with Gasteiger partial charge in [-0.2, -0.15) is 0 Å². The topological polar surface area (TPSA) is 38.3 Å². The highest BCUT2D eigenvalue weighted by molar-refractivity contribution is 6.30. The van der Waals surface area contributed by atoms with Crippen molar-refractivity contribution in [2.24, 2.45) is 5.92 Å². The highest BCUT2D eigenvalue weighted by Gasteiger charge is 2.35. The summed E-state index contributed by atoms with van der Waals surface area (Å²) in [6, 6.07) is 8.04. The lowest BCUT2D eigenvalue weighted by Gasteiger charge is -2.38. The molecule has 1 fully saturated rings. The number of allylic oxidation sites excluding steroid dienone is 2. The Labute approximate surface area is 143 Å². The Morgan fingerprint density at radius 1 is 1.22 bits per heavy atom. The van der Waals surface area contributed by atoms with Crippen molar-refractivity contribution < 1.29 is 9.53 Å². The molecule has 2 aliphatic rings. The van der Waals surface area contributed by atoms with Gasteiger partial charge in [0.15, 0.2) is 0 Å². The van der Waals surface area contributed by atoms with E-state index in [9.17, 15) is 4.79 Å². The van der Waals surface area contributed by atoms with Gasteiger partial charge >= 0.3 is 0 Å². The Bertz CT molecular complexity index is 561. The number of halogens is 1. The van der Waals surface area contributed by atoms with E-state index in [4.69, 9.17) is 16.3 Å². The van der Waals surface area contributed by atoms with Crippen LogP contribution in [0.4, 0.5) is 0 Å². The zero-order chi connectivity index (χ0) is 16.1. The van der Waals surface area contributed by atoms with Crippen molar-refractivity contribution in [1.82, 2.24) is 5.32 Å². The second kappa shape index (κ2) is 7.50. The van der Waals surface area contributed by atoms with Gasteiger partial charge in [0, 0.05) is 36.1 Å². The minimum Gasteiger partial charge on any atom is -0.381 e. The van der Waals surface area contributed by atoms with Crippen LogP contribution in [0.2, 0.25) is 5.02 Å². The van der Waals surface area contributed by atoms with Crippen LogP contribution in [0.1, 0.15) is 37.7 Å². The number of hydrogen-bond acceptors (Lipinski definition) is 2. The first-order chi connectivity index (χ1) is 11.2. The molecule has 0 spiro atoms. The van der Waals surface area contributed by atoms with Crippen molar-refractivity contribution >= 4 is 17.5 Å². The van der Waals surface area contributed by atoms with Gasteiger partial charge in [0.1, 0.15) is 0 Å². The Kier molecular flexibility index (Phi) is 5.39. The molecule has 0 saturated carbocycles. The third-order valence-electron chi connectivity index (χ3n) is 5.15. The van der Waals surface area contributed by atoms with Gasteiger partial charge in [-0.25, -0.2) is 0 Å². The van der Waals surface area contributed by atoms with E-state index in [-0.39, 0.29) is 17.2 Å². The first-order valence-corrected chi connectivity index (χ1v) is 8.84. The fourth-order valence-electron chi connectivity index (χ4n) is 3.57. The molecule has 1 aromatic carbocycles. The molecule has 23 heavy (non-hydrogen) atoms. The van der Waals surface area contributed by atoms with Crippen LogP contribution < -0.4 is 5.32 Å². The second-order valence-electron chi connectivity index (χ2n) is 6.60. The summed E-state index contributed by atoms with van der Waals surface area (Å²) in [5.74, 6) is 0.316. The minimum atomic E-state index is -0.0387. The SMILES string of the molecule is O=C(NCC1(c2ccc(Cl)cc2)CCOCC1)[C@H]1CC=CCC1. The summed E-state index contributed by atoms with van der Waals surface area (Å²) < 4.78 is 5.55. The van der Waals surface area contributed by atoms with E-state index in [1.165, 1.54) is 5.56 Å². The highest BCUT2D eigenvalue weighted by atomic mass is 35.5. The molecule has 1 heterocycles. The van der Waals surface area contributed by atoms with Crippen LogP contribution in [0.25, 0.3) is 0 Å². The molecule has 124 valence electrons. The maximum absolute atomic E-state index is 12.5. The summed E-state index contributed by atoms with van der Waals surface area (Å²) >= 11 is 6.02. The lowest BCUT2D eigenvalue weighted by molar-refractivity contribution is -0.125. The third-order valence-corrected chi connectivity index (χ3v) is 5.40. The van der Waals surface area contributed by atoms with E-state index in [0.717, 1.165) is 50.3 Å². The number of carbonyl (C=O) groups excluding carboxylic acids is 1. The maximum Gasteiger partial charge on any atom is 0.223 e. The molecular formula is C19H24ClNO2. The summed E-state index contributed by atoms with van der Waals surface area (Å²) in [6.07, 6.45) is 8.98. The van der Waals surface area contributed by atoms with Crippen LogP contribution in [0.5, 0.6) is 0 Å². The summed E-state index contributed by atoms with van der Waals surface area (Å²) in [7, 11) is 0. The van der Waals surface area contributed by atoms with Gasteiger partial charge in [0.05, 0.1) is 0 Å². The lowest BCUT2D eigenvalue weighted by Crippen LogP contribution is -2.46. The summed E-state index contributed by atoms with van der Waals surface area (Å²) in [6.45, 7) is 2.16. The molecule has 0 radical (unpaired) electrons. The van der Waals surface area contributed by atoms with E-state index < -0.39 is 0 Å². The Morgan fingerprint density at radius 3 is 2.61 bits per heavy atom. The van der Waals surface area contributed by atoms with E-state index in [1.54, 1.807) is 0 Å². The van der Waals surface area contributed by atoms with Crippen molar-refractivity contribution in [2.45, 2.75) is 37.5 Å². The Morgan fingerprint density at radius 2 is 1.96 bits per heavy atom. The van der Waals surface area contributed by atoms with Crippen molar-refractivity contribution in [3.05, 3.63) is 47.0 Å². The van der Waals surface area contributed by atoms with Crippen LogP contribution in [0, 0.1) is 5.92 Å². The van der Waals surface area contributed by atoms with Crippen LogP contribution in [0.3, 0.4) is 0 Å². The molecule has 0 unspecified atom stereocenters. The van der Waals surface area contributed by atoms with Crippen LogP contribution >= 0.6 is 11.6 Å². The molecule has 0 bridgehead atoms. The minimum absolute atomic E-state index is 0.0387. The normalized spacial score (nSPS) is 23.4. The summed E-state index contributed by atoms with van der Waals surface area (Å²) in [4.78, 5) is 12.5. The van der Waals surface area contributed by atoms with Crippen molar-refractivity contribution in [3.8, 4) is 0 Å². The predicted octanol–water partition coefficient (Wildman–Crippen LogP) is 3.86. The number of rotatable bonds is 4. The van der Waals surface area contributed by atoms with Gasteiger partial charge in [0.2, 0.25) is 5.91 Å². The number of amides is 1. The molecule has 1 atom stereocenters. The summed E-state index contributed by atoms with van der Waals surface area (Å²) in [5, 5.41) is 3.96. The van der Waals surface area contributed by atoms with Gasteiger partial charge in [0.25, 0.3) is 0 Å². The van der Waals surface area contributed by atoms with Gasteiger partial charge in [-0.05, 0) is 49.8 Å². The van der Waals surface area contributed by atoms with E-state index in [2.05, 4.69) is 29.6 Å². The molecule has 1 amide bonds. The average Bonchev–Trinajstić information content (AvgIpc) is 2.62. The molecule has 1 N–H and O–H groups in total. The number of nitrogens with one attached hydrogen (secondary N) is 1. The Balaban J connectivity index is 1.70. The largest absolute Gasteiger partial charge is 0.381 e. The van der Waals surface area contributed by atoms with E-state index >= 15 is 0 Å². The molecule has 0 aromatic heterocycles. The van der Waals surface area contributed by atoms with E-state index in [1.807, 2.05) is 12.1 Å². The van der Waals surface area contributed by atoms with Gasteiger partial charge in [-0.15, -0.1) is 0 Å². The van der Waals surface area contributed by atoms with Crippen LogP contribution in [-0.2, 0) is 14.9 Å². The van der Waals surface area contributed by atoms with Crippen molar-refractivity contribution in [2.75, 3.05) is 19.8 Å². The number of ether oxygens (including phenoxy) is 1. The molecule has 4 heteroatoms. The molecule has 3 rings (SSSR count). The number of benzene rings is 1. The van der Waals surface area contributed by atoms with Gasteiger partial charge in [-0.3, -0.25) is 4.79 Å². The van der Waals surface area contributed by atoms with E-state index in [0.29, 0.717) is 6.54 Å². The molecule has 1 saturated heterocycles. The predicted molar refractivity (Wildman–Crippen MR) is 92.7 cm³/mol. The molecule has 3 nitrogen and oxygen atoms in total. The molecule has 1 aliphatic carbocycles. The number of carbonyl (C=O) groups is 1. The second-order valence-corrected chi connectivity index (χ2v) is 7.04. The molecule has 1 aromatic rings. The lowest BCUT2D eigenvalue weighted by atomic mass is 9.74. The smallest absolute Gasteiger partial charge is 0.223 e. The first kappa shape index (κ1) is 16.5. The first-order valence-electron chi connectivity index (χ1n) is 8.46. The zero-order valence-corrected chi connectivity index (χ0v) is 14.1. The van der Waals surface area contributed by atoms with Gasteiger partial charge in [-0.1, -0.05) is 35.9 Å². The van der Waals surface area contributed by atoms with Crippen LogP contribution in [0.15, 0.2) is 36.4 Å². The maximum atomic E-state index is 12.5. The van der Waals surface area contributed by atoms with Gasteiger partial charge < -0.3 is 10.1 Å². The average molecular weight is 334 g/mol. The van der Waals surface area contributed by atoms with Crippen molar-refractivity contribution in [1.29, 1.82) is 0 Å². The van der Waals surface area contributed by atoms with Crippen molar-refractivity contribution in [3.63, 3.8) is 0 Å².